The Morgan fingerprint density at radius 2 is 2.32 bits per heavy atom. The number of nitrogens with one attached hydrogen (secondary N) is 2. The van der Waals surface area contributed by atoms with Crippen LogP contribution in [0.15, 0.2) is 21.3 Å². The highest BCUT2D eigenvalue weighted by Crippen LogP contribution is 2.29. The normalized spacial score (nSPS) is 17.4. The minimum atomic E-state index is -0.546. The molecular weight excluding hydrogens is 248 g/mol. The molecule has 8 heteroatoms. The third kappa shape index (κ3) is 1.91. The lowest BCUT2D eigenvalue weighted by Crippen LogP contribution is -2.42. The fourth-order valence-electron chi connectivity index (χ4n) is 2.09. The molecule has 1 atom stereocenters. The first-order chi connectivity index (χ1) is 9.04. The van der Waals surface area contributed by atoms with Crippen molar-refractivity contribution in [3.8, 4) is 0 Å². The Morgan fingerprint density at radius 3 is 3.00 bits per heavy atom. The summed E-state index contributed by atoms with van der Waals surface area (Å²) in [5.41, 5.74) is 11.5. The third-order valence-corrected chi connectivity index (χ3v) is 2.94. The highest BCUT2D eigenvalue weighted by atomic mass is 16.3. The zero-order valence-electron chi connectivity index (χ0n) is 10.3. The van der Waals surface area contributed by atoms with Gasteiger partial charge in [-0.25, -0.2) is 0 Å². The van der Waals surface area contributed by atoms with Gasteiger partial charge in [0, 0.05) is 0 Å². The van der Waals surface area contributed by atoms with Gasteiger partial charge >= 0.3 is 0 Å². The van der Waals surface area contributed by atoms with Crippen molar-refractivity contribution in [2.45, 2.75) is 19.8 Å². The first-order valence-electron chi connectivity index (χ1n) is 5.78. The van der Waals surface area contributed by atoms with E-state index in [2.05, 4.69) is 15.3 Å². The van der Waals surface area contributed by atoms with Crippen LogP contribution in [-0.2, 0) is 6.54 Å². The van der Waals surface area contributed by atoms with Crippen LogP contribution < -0.4 is 27.2 Å². The number of fused-ring (bicyclic) bond motifs is 1. The summed E-state index contributed by atoms with van der Waals surface area (Å²) >= 11 is 0. The predicted molar refractivity (Wildman–Crippen MR) is 70.5 cm³/mol. The molecule has 1 aliphatic rings. The Bertz CT molecular complexity index is 676. The third-order valence-electron chi connectivity index (χ3n) is 2.94. The van der Waals surface area contributed by atoms with Crippen LogP contribution >= 0.6 is 0 Å². The van der Waals surface area contributed by atoms with Gasteiger partial charge in [0.15, 0.2) is 12.1 Å². The molecule has 1 aliphatic heterocycles. The average Bonchev–Trinajstić information content (AvgIpc) is 2.87. The summed E-state index contributed by atoms with van der Waals surface area (Å²) in [5, 5.41) is 2.87. The monoisotopic (exact) mass is 262 g/mol. The second-order valence-electron chi connectivity index (χ2n) is 4.38. The number of furan rings is 1. The molecule has 2 aromatic heterocycles. The number of anilines is 3. The van der Waals surface area contributed by atoms with Crippen molar-refractivity contribution in [2.24, 2.45) is 5.73 Å². The van der Waals surface area contributed by atoms with Gasteiger partial charge in [-0.05, 0) is 19.1 Å². The van der Waals surface area contributed by atoms with Gasteiger partial charge in [-0.1, -0.05) is 0 Å². The summed E-state index contributed by atoms with van der Waals surface area (Å²) in [4.78, 5) is 20.0. The van der Waals surface area contributed by atoms with E-state index in [-0.39, 0.29) is 11.5 Å². The van der Waals surface area contributed by atoms with Gasteiger partial charge in [0.25, 0.3) is 5.56 Å². The predicted octanol–water partition coefficient (Wildman–Crippen LogP) is -0.0721. The molecule has 8 nitrogen and oxygen atoms in total. The molecule has 0 aromatic carbocycles. The maximum absolute atomic E-state index is 11.7. The number of aromatic nitrogens is 2. The minimum Gasteiger partial charge on any atom is -0.464 e. The van der Waals surface area contributed by atoms with Crippen LogP contribution in [-0.4, -0.2) is 16.3 Å². The number of nitrogens with zero attached hydrogens (tertiary/aromatic N) is 2. The number of aromatic amines is 1. The fraction of sp³-hybridized carbons (Fsp3) is 0.273. The molecule has 1 unspecified atom stereocenters. The van der Waals surface area contributed by atoms with E-state index in [0.717, 1.165) is 11.5 Å². The molecule has 0 amide bonds. The Labute approximate surface area is 108 Å². The van der Waals surface area contributed by atoms with Crippen molar-refractivity contribution in [1.29, 1.82) is 0 Å². The van der Waals surface area contributed by atoms with Gasteiger partial charge in [0.2, 0.25) is 5.95 Å². The van der Waals surface area contributed by atoms with Crippen molar-refractivity contribution >= 4 is 17.5 Å². The number of hydrogen-bond donors (Lipinski definition) is 4. The van der Waals surface area contributed by atoms with Crippen LogP contribution in [0.5, 0.6) is 0 Å². The van der Waals surface area contributed by atoms with E-state index in [4.69, 9.17) is 15.9 Å². The lowest BCUT2D eigenvalue weighted by atomic mass is 10.4. The van der Waals surface area contributed by atoms with E-state index >= 15 is 0 Å². The molecule has 0 aliphatic carbocycles. The fourth-order valence-corrected chi connectivity index (χ4v) is 2.09. The quantitative estimate of drug-likeness (QED) is 0.596. The lowest BCUT2D eigenvalue weighted by molar-refractivity contribution is 0.471. The maximum Gasteiger partial charge on any atom is 0.277 e. The molecule has 3 heterocycles. The lowest BCUT2D eigenvalue weighted by Gasteiger charge is -2.21. The standard InChI is InChI=1S/C11H14N6O2/c1-5-2-3-6(19-5)4-17-8-7(14-11(17)13)9(18)16-10(12)15-8/h2-3,11,14H,4,13H2,1H3,(H3,12,15,16,18). The summed E-state index contributed by atoms with van der Waals surface area (Å²) < 4.78 is 5.50. The number of H-pyrrole nitrogens is 1. The highest BCUT2D eigenvalue weighted by Gasteiger charge is 2.30. The Kier molecular flexibility index (Phi) is 2.46. The first-order valence-corrected chi connectivity index (χ1v) is 5.78. The van der Waals surface area contributed by atoms with Gasteiger partial charge in [-0.2, -0.15) is 4.98 Å². The SMILES string of the molecule is Cc1ccc(CN2c3nc(N)[nH]c(=O)c3NC2N)o1. The molecule has 6 N–H and O–H groups in total. The number of aryl methyl sites for hydroxylation is 1. The van der Waals surface area contributed by atoms with Gasteiger partial charge in [-0.15, -0.1) is 0 Å². The van der Waals surface area contributed by atoms with E-state index in [9.17, 15) is 4.79 Å². The summed E-state index contributed by atoms with van der Waals surface area (Å²) in [7, 11) is 0. The van der Waals surface area contributed by atoms with E-state index < -0.39 is 6.29 Å². The summed E-state index contributed by atoms with van der Waals surface area (Å²) in [6, 6.07) is 3.72. The summed E-state index contributed by atoms with van der Waals surface area (Å²) in [6.07, 6.45) is -0.546. The molecule has 0 fully saturated rings. The van der Waals surface area contributed by atoms with Crippen molar-refractivity contribution in [1.82, 2.24) is 9.97 Å². The van der Waals surface area contributed by atoms with Crippen LogP contribution in [0.2, 0.25) is 0 Å². The minimum absolute atomic E-state index is 0.0558. The van der Waals surface area contributed by atoms with Gasteiger partial charge in [-0.3, -0.25) is 15.5 Å². The molecule has 3 rings (SSSR count). The molecule has 19 heavy (non-hydrogen) atoms. The Balaban J connectivity index is 1.98. The molecule has 0 saturated carbocycles. The molecule has 2 aromatic rings. The van der Waals surface area contributed by atoms with Gasteiger partial charge < -0.3 is 20.4 Å². The zero-order valence-corrected chi connectivity index (χ0v) is 10.3. The van der Waals surface area contributed by atoms with E-state index in [0.29, 0.717) is 18.1 Å². The van der Waals surface area contributed by atoms with Gasteiger partial charge in [0.1, 0.15) is 17.2 Å². The van der Waals surface area contributed by atoms with Crippen LogP contribution in [0, 0.1) is 6.92 Å². The van der Waals surface area contributed by atoms with Gasteiger partial charge in [0.05, 0.1) is 6.54 Å². The number of rotatable bonds is 2. The van der Waals surface area contributed by atoms with Crippen molar-refractivity contribution in [3.05, 3.63) is 34.0 Å². The second kappa shape index (κ2) is 4.02. The maximum atomic E-state index is 11.7. The highest BCUT2D eigenvalue weighted by molar-refractivity contribution is 5.71. The smallest absolute Gasteiger partial charge is 0.277 e. The van der Waals surface area contributed by atoms with E-state index in [1.165, 1.54) is 0 Å². The Morgan fingerprint density at radius 1 is 1.53 bits per heavy atom. The largest absolute Gasteiger partial charge is 0.464 e. The molecule has 0 bridgehead atoms. The molecule has 0 radical (unpaired) electrons. The van der Waals surface area contributed by atoms with Crippen molar-refractivity contribution in [2.75, 3.05) is 16.0 Å². The average molecular weight is 262 g/mol. The summed E-state index contributed by atoms with van der Waals surface area (Å²) in [6.45, 7) is 2.27. The summed E-state index contributed by atoms with van der Waals surface area (Å²) in [5.74, 6) is 2.04. The van der Waals surface area contributed by atoms with Crippen molar-refractivity contribution in [3.63, 3.8) is 0 Å². The van der Waals surface area contributed by atoms with E-state index in [1.54, 1.807) is 4.90 Å². The number of hydrogen-bond acceptors (Lipinski definition) is 7. The second-order valence-corrected chi connectivity index (χ2v) is 4.38. The zero-order chi connectivity index (χ0) is 13.6. The van der Waals surface area contributed by atoms with Crippen LogP contribution in [0.25, 0.3) is 0 Å². The van der Waals surface area contributed by atoms with Crippen molar-refractivity contribution < 1.29 is 4.42 Å². The molecule has 100 valence electrons. The molecule has 0 spiro atoms. The Hall–Kier alpha value is -2.48. The molecule has 0 saturated heterocycles. The number of nitrogen functional groups attached to an aromatic ring is 1. The van der Waals surface area contributed by atoms with Crippen LogP contribution in [0.1, 0.15) is 11.5 Å². The van der Waals surface area contributed by atoms with Crippen LogP contribution in [0.4, 0.5) is 17.5 Å². The first kappa shape index (κ1) is 11.6. The number of nitrogens with two attached hydrogens (primary N) is 2. The van der Waals surface area contributed by atoms with Crippen LogP contribution in [0.3, 0.4) is 0 Å². The molecular formula is C11H14N6O2. The van der Waals surface area contributed by atoms with E-state index in [1.807, 2.05) is 19.1 Å². The topological polar surface area (TPSA) is 126 Å².